The first-order valence-electron chi connectivity index (χ1n) is 6.39. The molecule has 0 bridgehead atoms. The lowest BCUT2D eigenvalue weighted by molar-refractivity contribution is 0.211. The molecule has 0 spiro atoms. The molecule has 1 fully saturated rings. The van der Waals surface area contributed by atoms with Gasteiger partial charge in [0.15, 0.2) is 0 Å². The Labute approximate surface area is 105 Å². The molecule has 0 aromatic rings. The van der Waals surface area contributed by atoms with E-state index in [4.69, 9.17) is 5.73 Å². The van der Waals surface area contributed by atoms with Crippen LogP contribution in [0.1, 0.15) is 25.7 Å². The number of nitrogens with two attached hydrogens (primary N) is 1. The summed E-state index contributed by atoms with van der Waals surface area (Å²) in [6.45, 7) is 3.25. The maximum atomic E-state index is 11.7. The Balaban J connectivity index is 2.23. The van der Waals surface area contributed by atoms with Gasteiger partial charge in [0.05, 0.1) is 5.75 Å². The zero-order valence-electron chi connectivity index (χ0n) is 10.7. The van der Waals surface area contributed by atoms with E-state index in [2.05, 4.69) is 16.7 Å². The van der Waals surface area contributed by atoms with E-state index in [1.807, 2.05) is 0 Å². The van der Waals surface area contributed by atoms with Crippen molar-refractivity contribution in [3.8, 4) is 0 Å². The minimum atomic E-state index is -3.09. The molecular weight excluding hydrogens is 238 g/mol. The number of hydrogen-bond acceptors (Lipinski definition) is 4. The molecule has 0 aliphatic carbocycles. The Morgan fingerprint density at radius 2 is 2.18 bits per heavy atom. The fraction of sp³-hybridized carbons (Fsp3) is 1.00. The van der Waals surface area contributed by atoms with Crippen molar-refractivity contribution in [3.05, 3.63) is 0 Å². The Morgan fingerprint density at radius 3 is 2.82 bits per heavy atom. The monoisotopic (exact) mass is 263 g/mol. The standard InChI is InChI=1S/C11H25N3O2S/c1-14-7-4-5-11(10-14)9-13-17(15,16)8-3-2-6-12/h11,13H,2-10,12H2,1H3. The number of piperidine rings is 1. The van der Waals surface area contributed by atoms with Crippen LogP contribution in [0.4, 0.5) is 0 Å². The van der Waals surface area contributed by atoms with Crippen molar-refractivity contribution in [1.29, 1.82) is 0 Å². The number of unbranched alkanes of at least 4 members (excludes halogenated alkanes) is 1. The molecule has 1 heterocycles. The number of hydrogen-bond donors (Lipinski definition) is 2. The highest BCUT2D eigenvalue weighted by molar-refractivity contribution is 7.89. The summed E-state index contributed by atoms with van der Waals surface area (Å²) in [5.74, 6) is 0.658. The van der Waals surface area contributed by atoms with Gasteiger partial charge in [0, 0.05) is 13.1 Å². The van der Waals surface area contributed by atoms with Crippen LogP contribution < -0.4 is 10.5 Å². The number of rotatable bonds is 7. The van der Waals surface area contributed by atoms with Gasteiger partial charge in [-0.2, -0.15) is 0 Å². The molecule has 1 aliphatic rings. The number of nitrogens with one attached hydrogen (secondary N) is 1. The first-order chi connectivity index (χ1) is 8.03. The molecule has 5 nitrogen and oxygen atoms in total. The summed E-state index contributed by atoms with van der Waals surface area (Å²) in [5, 5.41) is 0. The predicted molar refractivity (Wildman–Crippen MR) is 70.3 cm³/mol. The minimum Gasteiger partial charge on any atom is -0.330 e. The molecule has 3 N–H and O–H groups in total. The van der Waals surface area contributed by atoms with Crippen molar-refractivity contribution >= 4 is 10.0 Å². The second-order valence-corrected chi connectivity index (χ2v) is 6.86. The Hall–Kier alpha value is -0.170. The van der Waals surface area contributed by atoms with Gasteiger partial charge in [-0.3, -0.25) is 0 Å². The van der Waals surface area contributed by atoms with Gasteiger partial charge in [0.25, 0.3) is 0 Å². The van der Waals surface area contributed by atoms with Crippen LogP contribution in [-0.4, -0.2) is 52.3 Å². The van der Waals surface area contributed by atoms with Crippen molar-refractivity contribution in [1.82, 2.24) is 9.62 Å². The van der Waals surface area contributed by atoms with E-state index in [0.717, 1.165) is 32.4 Å². The summed E-state index contributed by atoms with van der Waals surface area (Å²) < 4.78 is 26.0. The third-order valence-corrected chi connectivity index (χ3v) is 4.61. The Bertz CT molecular complexity index is 306. The summed E-state index contributed by atoms with van der Waals surface area (Å²) in [5.41, 5.74) is 5.34. The van der Waals surface area contributed by atoms with Crippen LogP contribution >= 0.6 is 0 Å². The second-order valence-electron chi connectivity index (χ2n) is 4.93. The minimum absolute atomic E-state index is 0.201. The quantitative estimate of drug-likeness (QED) is 0.633. The van der Waals surface area contributed by atoms with Gasteiger partial charge in [-0.15, -0.1) is 0 Å². The molecule has 0 amide bonds. The Morgan fingerprint density at radius 1 is 1.41 bits per heavy atom. The third kappa shape index (κ3) is 6.35. The van der Waals surface area contributed by atoms with Crippen LogP contribution in [-0.2, 0) is 10.0 Å². The van der Waals surface area contributed by atoms with Crippen LogP contribution in [0.3, 0.4) is 0 Å². The summed E-state index contributed by atoms with van der Waals surface area (Å²) in [6.07, 6.45) is 3.70. The lowest BCUT2D eigenvalue weighted by Crippen LogP contribution is -2.39. The van der Waals surface area contributed by atoms with Gasteiger partial charge in [-0.05, 0) is 51.7 Å². The predicted octanol–water partition coefficient (Wildman–Crippen LogP) is -0.0135. The highest BCUT2D eigenvalue weighted by atomic mass is 32.2. The third-order valence-electron chi connectivity index (χ3n) is 3.18. The SMILES string of the molecule is CN1CCCC(CNS(=O)(=O)CCCCN)C1. The lowest BCUT2D eigenvalue weighted by atomic mass is 9.99. The molecular formula is C11H25N3O2S. The Kier molecular flexibility index (Phi) is 6.40. The molecule has 1 aliphatic heterocycles. The van der Waals surface area contributed by atoms with Gasteiger partial charge in [-0.1, -0.05) is 0 Å². The van der Waals surface area contributed by atoms with E-state index in [1.54, 1.807) is 0 Å². The lowest BCUT2D eigenvalue weighted by Gasteiger charge is -2.29. The van der Waals surface area contributed by atoms with Gasteiger partial charge in [0.2, 0.25) is 10.0 Å². The first-order valence-corrected chi connectivity index (χ1v) is 8.04. The molecule has 1 unspecified atom stereocenters. The van der Waals surface area contributed by atoms with E-state index in [0.29, 0.717) is 25.4 Å². The number of likely N-dealkylation sites (tertiary alicyclic amines) is 1. The number of nitrogens with zero attached hydrogens (tertiary/aromatic N) is 1. The molecule has 0 aromatic carbocycles. The molecule has 0 saturated carbocycles. The van der Waals surface area contributed by atoms with Gasteiger partial charge < -0.3 is 10.6 Å². The fourth-order valence-corrected chi connectivity index (χ4v) is 3.41. The van der Waals surface area contributed by atoms with Crippen molar-refractivity contribution in [2.45, 2.75) is 25.7 Å². The first kappa shape index (κ1) is 14.9. The van der Waals surface area contributed by atoms with E-state index in [-0.39, 0.29) is 5.75 Å². The average Bonchev–Trinajstić information content (AvgIpc) is 2.27. The van der Waals surface area contributed by atoms with Crippen molar-refractivity contribution in [2.75, 3.05) is 39.0 Å². The smallest absolute Gasteiger partial charge is 0.211 e. The van der Waals surface area contributed by atoms with E-state index in [1.165, 1.54) is 0 Å². The van der Waals surface area contributed by atoms with Gasteiger partial charge >= 0.3 is 0 Å². The number of sulfonamides is 1. The maximum Gasteiger partial charge on any atom is 0.211 e. The van der Waals surface area contributed by atoms with E-state index >= 15 is 0 Å². The molecule has 6 heteroatoms. The van der Waals surface area contributed by atoms with Crippen molar-refractivity contribution < 1.29 is 8.42 Å². The van der Waals surface area contributed by atoms with Crippen molar-refractivity contribution in [2.24, 2.45) is 11.7 Å². The summed E-state index contributed by atoms with van der Waals surface area (Å²) in [6, 6.07) is 0. The highest BCUT2D eigenvalue weighted by Crippen LogP contribution is 2.14. The van der Waals surface area contributed by atoms with Crippen molar-refractivity contribution in [3.63, 3.8) is 0 Å². The summed E-state index contributed by atoms with van der Waals surface area (Å²) in [7, 11) is -1.01. The highest BCUT2D eigenvalue weighted by Gasteiger charge is 2.19. The van der Waals surface area contributed by atoms with Crippen LogP contribution in [0, 0.1) is 5.92 Å². The summed E-state index contributed by atoms with van der Waals surface area (Å²) in [4.78, 5) is 2.26. The van der Waals surface area contributed by atoms with E-state index < -0.39 is 10.0 Å². The second kappa shape index (κ2) is 7.31. The molecule has 1 atom stereocenters. The normalized spacial score (nSPS) is 22.8. The molecule has 0 aromatic heterocycles. The molecule has 17 heavy (non-hydrogen) atoms. The molecule has 102 valence electrons. The van der Waals surface area contributed by atoms with E-state index in [9.17, 15) is 8.42 Å². The topological polar surface area (TPSA) is 75.4 Å². The molecule has 0 radical (unpaired) electrons. The summed E-state index contributed by atoms with van der Waals surface area (Å²) >= 11 is 0. The van der Waals surface area contributed by atoms with Crippen LogP contribution in [0.5, 0.6) is 0 Å². The molecule has 1 rings (SSSR count). The van der Waals surface area contributed by atoms with Crippen LogP contribution in [0.15, 0.2) is 0 Å². The maximum absolute atomic E-state index is 11.7. The van der Waals surface area contributed by atoms with Gasteiger partial charge in [0.1, 0.15) is 0 Å². The fourth-order valence-electron chi connectivity index (χ4n) is 2.19. The largest absolute Gasteiger partial charge is 0.330 e. The van der Waals surface area contributed by atoms with Crippen LogP contribution in [0.25, 0.3) is 0 Å². The van der Waals surface area contributed by atoms with Gasteiger partial charge in [-0.25, -0.2) is 13.1 Å². The average molecular weight is 263 g/mol. The zero-order valence-corrected chi connectivity index (χ0v) is 11.5. The molecule has 1 saturated heterocycles. The van der Waals surface area contributed by atoms with Crippen LogP contribution in [0.2, 0.25) is 0 Å². The zero-order chi connectivity index (χ0) is 12.7.